The van der Waals surface area contributed by atoms with Crippen LogP contribution in [-0.2, 0) is 6.42 Å². The van der Waals surface area contributed by atoms with Crippen LogP contribution in [0.15, 0.2) is 53.3 Å². The molecule has 1 aromatic heterocycles. The van der Waals surface area contributed by atoms with Crippen LogP contribution in [0.1, 0.15) is 22.3 Å². The Hall–Kier alpha value is -1.68. The number of hydrogen-bond acceptors (Lipinski definition) is 2. The average molecular weight is 319 g/mol. The first-order valence-corrected chi connectivity index (χ1v) is 6.99. The van der Waals surface area contributed by atoms with Crippen LogP contribution in [0.3, 0.4) is 0 Å². The highest BCUT2D eigenvalue weighted by Crippen LogP contribution is 2.12. The van der Waals surface area contributed by atoms with Crippen molar-refractivity contribution >= 4 is 21.8 Å². The van der Waals surface area contributed by atoms with E-state index in [2.05, 4.69) is 38.4 Å². The predicted octanol–water partition coefficient (Wildman–Crippen LogP) is 3.21. The molecule has 3 nitrogen and oxygen atoms in total. The Bertz CT molecular complexity index is 543. The van der Waals surface area contributed by atoms with Crippen LogP contribution in [0.25, 0.3) is 0 Å². The van der Waals surface area contributed by atoms with Crippen molar-refractivity contribution in [3.05, 3.63) is 64.4 Å². The zero-order valence-corrected chi connectivity index (χ0v) is 12.1. The number of amides is 1. The summed E-state index contributed by atoms with van der Waals surface area (Å²) in [7, 11) is 0. The van der Waals surface area contributed by atoms with Crippen molar-refractivity contribution in [2.75, 3.05) is 6.54 Å². The number of aromatic nitrogens is 1. The van der Waals surface area contributed by atoms with Crippen molar-refractivity contribution < 1.29 is 4.79 Å². The van der Waals surface area contributed by atoms with Crippen molar-refractivity contribution in [2.45, 2.75) is 12.8 Å². The van der Waals surface area contributed by atoms with Gasteiger partial charge in [0, 0.05) is 12.7 Å². The first kappa shape index (κ1) is 13.7. The normalized spacial score (nSPS) is 10.2. The third-order valence-corrected chi connectivity index (χ3v) is 3.41. The number of aryl methyl sites for hydroxylation is 1. The fraction of sp³-hybridized carbons (Fsp3) is 0.200. The number of nitrogens with zero attached hydrogens (tertiary/aromatic N) is 1. The second-order valence-electron chi connectivity index (χ2n) is 4.19. The fourth-order valence-electron chi connectivity index (χ4n) is 1.79. The molecule has 0 unspecified atom stereocenters. The van der Waals surface area contributed by atoms with Crippen molar-refractivity contribution in [1.29, 1.82) is 0 Å². The molecule has 0 fully saturated rings. The minimum atomic E-state index is -0.0898. The maximum Gasteiger partial charge on any atom is 0.254 e. The van der Waals surface area contributed by atoms with Crippen molar-refractivity contribution in [1.82, 2.24) is 10.3 Å². The molecule has 0 aliphatic heterocycles. The molecular weight excluding hydrogens is 304 g/mol. The van der Waals surface area contributed by atoms with E-state index in [-0.39, 0.29) is 5.91 Å². The van der Waals surface area contributed by atoms with Crippen LogP contribution in [0.2, 0.25) is 0 Å². The molecule has 0 atom stereocenters. The molecule has 0 saturated carbocycles. The van der Waals surface area contributed by atoms with Crippen LogP contribution in [-0.4, -0.2) is 17.4 Å². The summed E-state index contributed by atoms with van der Waals surface area (Å²) < 4.78 is 0.579. The van der Waals surface area contributed by atoms with E-state index in [4.69, 9.17) is 0 Å². The second kappa shape index (κ2) is 7.04. The van der Waals surface area contributed by atoms with Crippen LogP contribution in [0, 0.1) is 0 Å². The molecule has 0 saturated heterocycles. The van der Waals surface area contributed by atoms with Gasteiger partial charge in [0.25, 0.3) is 5.91 Å². The predicted molar refractivity (Wildman–Crippen MR) is 79.0 cm³/mol. The molecule has 0 aliphatic carbocycles. The summed E-state index contributed by atoms with van der Waals surface area (Å²) >= 11 is 3.27. The smallest absolute Gasteiger partial charge is 0.254 e. The minimum Gasteiger partial charge on any atom is -0.352 e. The van der Waals surface area contributed by atoms with Gasteiger partial charge < -0.3 is 5.32 Å². The molecule has 4 heteroatoms. The SMILES string of the molecule is O=C(NCCCc1ccccc1)c1cccnc1Br. The summed E-state index contributed by atoms with van der Waals surface area (Å²) in [5.41, 5.74) is 1.86. The van der Waals surface area contributed by atoms with Gasteiger partial charge in [0.15, 0.2) is 0 Å². The molecule has 0 aliphatic rings. The zero-order chi connectivity index (χ0) is 13.5. The maximum atomic E-state index is 11.9. The largest absolute Gasteiger partial charge is 0.352 e. The topological polar surface area (TPSA) is 42.0 Å². The quantitative estimate of drug-likeness (QED) is 0.679. The van der Waals surface area contributed by atoms with Crippen molar-refractivity contribution in [3.8, 4) is 0 Å². The second-order valence-corrected chi connectivity index (χ2v) is 4.94. The van der Waals surface area contributed by atoms with E-state index in [0.29, 0.717) is 16.7 Å². The lowest BCUT2D eigenvalue weighted by Crippen LogP contribution is -2.25. The lowest BCUT2D eigenvalue weighted by Gasteiger charge is -2.06. The molecule has 0 radical (unpaired) electrons. The Kier molecular flexibility index (Phi) is 5.10. The van der Waals surface area contributed by atoms with Gasteiger partial charge in [0.1, 0.15) is 4.60 Å². The van der Waals surface area contributed by atoms with E-state index in [0.717, 1.165) is 12.8 Å². The number of nitrogens with one attached hydrogen (secondary N) is 1. The first-order valence-electron chi connectivity index (χ1n) is 6.20. The van der Waals surface area contributed by atoms with Gasteiger partial charge >= 0.3 is 0 Å². The summed E-state index contributed by atoms with van der Waals surface area (Å²) in [6.45, 7) is 0.662. The summed E-state index contributed by atoms with van der Waals surface area (Å²) in [6.07, 6.45) is 3.54. The Morgan fingerprint density at radius 3 is 2.68 bits per heavy atom. The number of carbonyl (C=O) groups excluding carboxylic acids is 1. The van der Waals surface area contributed by atoms with Gasteiger partial charge in [-0.05, 0) is 46.5 Å². The van der Waals surface area contributed by atoms with E-state index >= 15 is 0 Å². The molecule has 19 heavy (non-hydrogen) atoms. The van der Waals surface area contributed by atoms with E-state index in [1.807, 2.05) is 18.2 Å². The molecule has 98 valence electrons. The third-order valence-electron chi connectivity index (χ3n) is 2.77. The molecule has 0 bridgehead atoms. The van der Waals surface area contributed by atoms with Crippen LogP contribution >= 0.6 is 15.9 Å². The molecule has 2 aromatic rings. The lowest BCUT2D eigenvalue weighted by molar-refractivity contribution is 0.0952. The molecule has 1 heterocycles. The van der Waals surface area contributed by atoms with E-state index in [1.165, 1.54) is 5.56 Å². The first-order chi connectivity index (χ1) is 9.27. The van der Waals surface area contributed by atoms with Crippen LogP contribution in [0.5, 0.6) is 0 Å². The third kappa shape index (κ3) is 4.17. The van der Waals surface area contributed by atoms with Gasteiger partial charge in [0.05, 0.1) is 5.56 Å². The highest BCUT2D eigenvalue weighted by Gasteiger charge is 2.08. The summed E-state index contributed by atoms with van der Waals surface area (Å²) in [5.74, 6) is -0.0898. The van der Waals surface area contributed by atoms with Gasteiger partial charge in [-0.15, -0.1) is 0 Å². The molecule has 0 spiro atoms. The van der Waals surface area contributed by atoms with Gasteiger partial charge in [-0.1, -0.05) is 30.3 Å². The Morgan fingerprint density at radius 1 is 1.16 bits per heavy atom. The Morgan fingerprint density at radius 2 is 1.95 bits per heavy atom. The van der Waals surface area contributed by atoms with Gasteiger partial charge in [-0.2, -0.15) is 0 Å². The van der Waals surface area contributed by atoms with Crippen LogP contribution in [0.4, 0.5) is 0 Å². The molecule has 1 aromatic carbocycles. The van der Waals surface area contributed by atoms with E-state index in [9.17, 15) is 4.79 Å². The van der Waals surface area contributed by atoms with E-state index < -0.39 is 0 Å². The molecular formula is C15H15BrN2O. The average Bonchev–Trinajstić information content (AvgIpc) is 2.45. The van der Waals surface area contributed by atoms with E-state index in [1.54, 1.807) is 18.3 Å². The van der Waals surface area contributed by atoms with Crippen LogP contribution < -0.4 is 5.32 Å². The minimum absolute atomic E-state index is 0.0898. The van der Waals surface area contributed by atoms with Gasteiger partial charge in [0.2, 0.25) is 0 Å². The van der Waals surface area contributed by atoms with Crippen molar-refractivity contribution in [3.63, 3.8) is 0 Å². The molecule has 1 amide bonds. The highest BCUT2D eigenvalue weighted by atomic mass is 79.9. The standard InChI is InChI=1S/C15H15BrN2O/c16-14-13(9-5-10-17-14)15(19)18-11-4-8-12-6-2-1-3-7-12/h1-3,5-7,9-10H,4,8,11H2,(H,18,19). The highest BCUT2D eigenvalue weighted by molar-refractivity contribution is 9.10. The number of halogens is 1. The zero-order valence-electron chi connectivity index (χ0n) is 10.5. The maximum absolute atomic E-state index is 11.9. The Balaban J connectivity index is 1.77. The number of carbonyl (C=O) groups is 1. The number of benzene rings is 1. The van der Waals surface area contributed by atoms with Crippen molar-refractivity contribution in [2.24, 2.45) is 0 Å². The lowest BCUT2D eigenvalue weighted by atomic mass is 10.1. The molecule has 1 N–H and O–H groups in total. The number of pyridine rings is 1. The number of rotatable bonds is 5. The number of hydrogen-bond donors (Lipinski definition) is 1. The Labute approximate surface area is 121 Å². The molecule has 2 rings (SSSR count). The fourth-order valence-corrected chi connectivity index (χ4v) is 2.22. The van der Waals surface area contributed by atoms with Gasteiger partial charge in [-0.3, -0.25) is 4.79 Å². The monoisotopic (exact) mass is 318 g/mol. The summed E-state index contributed by atoms with van der Waals surface area (Å²) in [6, 6.07) is 13.8. The van der Waals surface area contributed by atoms with Gasteiger partial charge in [-0.25, -0.2) is 4.98 Å². The summed E-state index contributed by atoms with van der Waals surface area (Å²) in [5, 5.41) is 2.90. The summed E-state index contributed by atoms with van der Waals surface area (Å²) in [4.78, 5) is 15.9.